The van der Waals surface area contributed by atoms with Gasteiger partial charge in [-0.1, -0.05) is 0 Å². The molecule has 1 aromatic heterocycles. The third-order valence-corrected chi connectivity index (χ3v) is 4.33. The molecular weight excluding hydrogens is 266 g/mol. The third-order valence-electron chi connectivity index (χ3n) is 4.33. The van der Waals surface area contributed by atoms with Crippen molar-refractivity contribution in [2.24, 2.45) is 0 Å². The predicted octanol–water partition coefficient (Wildman–Crippen LogP) is 1.82. The van der Waals surface area contributed by atoms with Crippen molar-refractivity contribution in [2.75, 3.05) is 32.0 Å². The Balaban J connectivity index is 1.38. The molecule has 0 amide bonds. The zero-order valence-electron chi connectivity index (χ0n) is 12.5. The van der Waals surface area contributed by atoms with Crippen LogP contribution >= 0.6 is 0 Å². The second-order valence-corrected chi connectivity index (χ2v) is 6.03. The summed E-state index contributed by atoms with van der Waals surface area (Å²) in [5.74, 6) is 0.599. The molecule has 2 aliphatic rings. The molecule has 0 radical (unpaired) electrons. The van der Waals surface area contributed by atoms with E-state index in [9.17, 15) is 0 Å². The summed E-state index contributed by atoms with van der Waals surface area (Å²) in [6.45, 7) is 4.79. The van der Waals surface area contributed by atoms with Crippen LogP contribution in [0.3, 0.4) is 0 Å². The molecule has 1 atom stereocenters. The highest BCUT2D eigenvalue weighted by Crippen LogP contribution is 2.19. The Hall–Kier alpha value is -1.17. The highest BCUT2D eigenvalue weighted by molar-refractivity contribution is 5.31. The van der Waals surface area contributed by atoms with E-state index < -0.39 is 0 Å². The van der Waals surface area contributed by atoms with Crippen molar-refractivity contribution in [3.05, 3.63) is 23.9 Å². The smallest absolute Gasteiger partial charge is 0.123 e. The summed E-state index contributed by atoms with van der Waals surface area (Å²) in [4.78, 5) is 6.49. The molecule has 2 fully saturated rings. The van der Waals surface area contributed by atoms with Crippen LogP contribution in [0.25, 0.3) is 0 Å². The first-order valence-electron chi connectivity index (χ1n) is 7.95. The van der Waals surface area contributed by atoms with Gasteiger partial charge in [-0.05, 0) is 43.4 Å². The van der Waals surface area contributed by atoms with Gasteiger partial charge in [0.25, 0.3) is 0 Å². The number of piperidine rings is 1. The molecule has 116 valence electrons. The average Bonchev–Trinajstić information content (AvgIpc) is 3.00. The first kappa shape index (κ1) is 14.8. The number of nitrogen functional groups attached to an aromatic ring is 1. The minimum absolute atomic E-state index is 0.336. The molecule has 1 aromatic rings. The molecule has 0 spiro atoms. The maximum absolute atomic E-state index is 6.00. The van der Waals surface area contributed by atoms with Gasteiger partial charge in [-0.3, -0.25) is 4.90 Å². The summed E-state index contributed by atoms with van der Waals surface area (Å²) in [6.07, 6.45) is 7.06. The van der Waals surface area contributed by atoms with Gasteiger partial charge < -0.3 is 15.2 Å². The summed E-state index contributed by atoms with van der Waals surface area (Å²) >= 11 is 0. The number of anilines is 1. The zero-order valence-corrected chi connectivity index (χ0v) is 12.5. The highest BCUT2D eigenvalue weighted by Gasteiger charge is 2.22. The molecule has 5 nitrogen and oxygen atoms in total. The molecule has 2 N–H and O–H groups in total. The van der Waals surface area contributed by atoms with E-state index in [4.69, 9.17) is 15.2 Å². The van der Waals surface area contributed by atoms with Crippen molar-refractivity contribution >= 4 is 5.82 Å². The Morgan fingerprint density at radius 3 is 2.90 bits per heavy atom. The zero-order chi connectivity index (χ0) is 14.5. The number of hydrogen-bond donors (Lipinski definition) is 1. The molecule has 0 aliphatic carbocycles. The number of rotatable bonds is 5. The molecule has 1 unspecified atom stereocenters. The summed E-state index contributed by atoms with van der Waals surface area (Å²) in [7, 11) is 0. The maximum Gasteiger partial charge on any atom is 0.123 e. The van der Waals surface area contributed by atoms with Crippen LogP contribution in [0.4, 0.5) is 5.82 Å². The second kappa shape index (κ2) is 7.20. The second-order valence-electron chi connectivity index (χ2n) is 6.03. The lowest BCUT2D eigenvalue weighted by Gasteiger charge is -2.32. The van der Waals surface area contributed by atoms with E-state index in [1.54, 1.807) is 6.20 Å². The van der Waals surface area contributed by atoms with Crippen molar-refractivity contribution in [2.45, 2.75) is 44.4 Å². The van der Waals surface area contributed by atoms with E-state index in [2.05, 4.69) is 9.88 Å². The van der Waals surface area contributed by atoms with E-state index in [1.165, 1.54) is 12.0 Å². The topological polar surface area (TPSA) is 60.6 Å². The summed E-state index contributed by atoms with van der Waals surface area (Å²) in [5, 5.41) is 0. The minimum Gasteiger partial charge on any atom is -0.384 e. The van der Waals surface area contributed by atoms with E-state index in [1.807, 2.05) is 12.1 Å². The van der Waals surface area contributed by atoms with Gasteiger partial charge in [0, 0.05) is 32.4 Å². The van der Waals surface area contributed by atoms with E-state index in [0.717, 1.165) is 52.1 Å². The lowest BCUT2D eigenvalue weighted by atomic mass is 10.1. The van der Waals surface area contributed by atoms with Crippen LogP contribution in [-0.4, -0.2) is 48.4 Å². The van der Waals surface area contributed by atoms with Crippen molar-refractivity contribution < 1.29 is 9.47 Å². The number of pyridine rings is 1. The van der Waals surface area contributed by atoms with Gasteiger partial charge in [0.1, 0.15) is 5.82 Å². The van der Waals surface area contributed by atoms with Crippen LogP contribution in [0.1, 0.15) is 31.2 Å². The SMILES string of the molecule is Nc1cc(CN2CCC(OCC3CCCO3)CC2)ccn1. The van der Waals surface area contributed by atoms with Gasteiger partial charge in [-0.15, -0.1) is 0 Å². The molecule has 0 saturated carbocycles. The fourth-order valence-electron chi connectivity index (χ4n) is 3.10. The molecular formula is C16H25N3O2. The predicted molar refractivity (Wildman–Crippen MR) is 81.9 cm³/mol. The molecule has 3 heterocycles. The average molecular weight is 291 g/mol. The Labute approximate surface area is 126 Å². The van der Waals surface area contributed by atoms with Gasteiger partial charge in [-0.2, -0.15) is 0 Å². The number of nitrogens with zero attached hydrogens (tertiary/aromatic N) is 2. The van der Waals surface area contributed by atoms with Crippen LogP contribution in [0.5, 0.6) is 0 Å². The molecule has 5 heteroatoms. The van der Waals surface area contributed by atoms with Gasteiger partial charge in [0.2, 0.25) is 0 Å². The largest absolute Gasteiger partial charge is 0.384 e. The van der Waals surface area contributed by atoms with Crippen molar-refractivity contribution in [1.82, 2.24) is 9.88 Å². The van der Waals surface area contributed by atoms with Gasteiger partial charge in [0.05, 0.1) is 18.8 Å². The molecule has 3 rings (SSSR count). The summed E-state index contributed by atoms with van der Waals surface area (Å²) < 4.78 is 11.6. The Morgan fingerprint density at radius 1 is 1.33 bits per heavy atom. The molecule has 21 heavy (non-hydrogen) atoms. The normalized spacial score (nSPS) is 24.5. The first-order valence-corrected chi connectivity index (χ1v) is 7.95. The fourth-order valence-corrected chi connectivity index (χ4v) is 3.10. The molecule has 2 aliphatic heterocycles. The summed E-state index contributed by atoms with van der Waals surface area (Å²) in [5.41, 5.74) is 6.96. The van der Waals surface area contributed by atoms with Crippen LogP contribution < -0.4 is 5.73 Å². The van der Waals surface area contributed by atoms with Crippen molar-refractivity contribution in [3.8, 4) is 0 Å². The van der Waals surface area contributed by atoms with Crippen LogP contribution in [0.15, 0.2) is 18.3 Å². The number of aromatic nitrogens is 1. The highest BCUT2D eigenvalue weighted by atomic mass is 16.5. The number of likely N-dealkylation sites (tertiary alicyclic amines) is 1. The van der Waals surface area contributed by atoms with E-state index >= 15 is 0 Å². The molecule has 0 aromatic carbocycles. The standard InChI is InChI=1S/C16H25N3O2/c17-16-10-13(3-6-18-16)11-19-7-4-14(5-8-19)21-12-15-2-1-9-20-15/h3,6,10,14-15H,1-2,4-5,7-9,11-12H2,(H2,17,18). The summed E-state index contributed by atoms with van der Waals surface area (Å²) in [6, 6.07) is 4.00. The number of ether oxygens (including phenoxy) is 2. The number of nitrogens with two attached hydrogens (primary N) is 1. The van der Waals surface area contributed by atoms with Gasteiger partial charge in [-0.25, -0.2) is 4.98 Å². The minimum atomic E-state index is 0.336. The fraction of sp³-hybridized carbons (Fsp3) is 0.688. The Morgan fingerprint density at radius 2 is 2.19 bits per heavy atom. The third kappa shape index (κ3) is 4.40. The lowest BCUT2D eigenvalue weighted by Crippen LogP contribution is -2.37. The monoisotopic (exact) mass is 291 g/mol. The maximum atomic E-state index is 6.00. The van der Waals surface area contributed by atoms with E-state index in [0.29, 0.717) is 18.0 Å². The van der Waals surface area contributed by atoms with E-state index in [-0.39, 0.29) is 0 Å². The quantitative estimate of drug-likeness (QED) is 0.896. The van der Waals surface area contributed by atoms with Crippen LogP contribution in [-0.2, 0) is 16.0 Å². The van der Waals surface area contributed by atoms with Crippen molar-refractivity contribution in [1.29, 1.82) is 0 Å². The van der Waals surface area contributed by atoms with Gasteiger partial charge >= 0.3 is 0 Å². The molecule has 0 bridgehead atoms. The van der Waals surface area contributed by atoms with Crippen LogP contribution in [0, 0.1) is 0 Å². The lowest BCUT2D eigenvalue weighted by molar-refractivity contribution is -0.0426. The molecule has 2 saturated heterocycles. The van der Waals surface area contributed by atoms with Crippen molar-refractivity contribution in [3.63, 3.8) is 0 Å². The first-order chi connectivity index (χ1) is 10.3. The number of hydrogen-bond acceptors (Lipinski definition) is 5. The van der Waals surface area contributed by atoms with Gasteiger partial charge in [0.15, 0.2) is 0 Å². The van der Waals surface area contributed by atoms with Crippen LogP contribution in [0.2, 0.25) is 0 Å². The Bertz CT molecular complexity index is 441. The Kier molecular flexibility index (Phi) is 5.06.